The van der Waals surface area contributed by atoms with Crippen LogP contribution in [0.3, 0.4) is 0 Å². The lowest BCUT2D eigenvalue weighted by Gasteiger charge is -2.14. The molecule has 21 heavy (non-hydrogen) atoms. The smallest absolute Gasteiger partial charge is 0.162 e. The zero-order valence-corrected chi connectivity index (χ0v) is 16.2. The van der Waals surface area contributed by atoms with Gasteiger partial charge < -0.3 is 5.32 Å². The van der Waals surface area contributed by atoms with E-state index in [0.29, 0.717) is 5.92 Å². The van der Waals surface area contributed by atoms with Crippen LogP contribution in [0.4, 0.5) is 5.82 Å². The minimum atomic E-state index is 0.390. The molecule has 2 aromatic heterocycles. The van der Waals surface area contributed by atoms with E-state index >= 15 is 0 Å². The van der Waals surface area contributed by atoms with Crippen LogP contribution in [0.15, 0.2) is 6.07 Å². The third-order valence-electron chi connectivity index (χ3n) is 3.25. The predicted octanol–water partition coefficient (Wildman–Crippen LogP) is 5.37. The molecule has 0 bridgehead atoms. The maximum absolute atomic E-state index is 4.83. The fourth-order valence-corrected chi connectivity index (χ4v) is 4.16. The molecule has 0 fully saturated rings. The summed E-state index contributed by atoms with van der Waals surface area (Å²) in [6, 6.07) is 2.19. The highest BCUT2D eigenvalue weighted by Crippen LogP contribution is 2.32. The lowest BCUT2D eigenvalue weighted by atomic mass is 10.1. The molecule has 0 aliphatic carbocycles. The summed E-state index contributed by atoms with van der Waals surface area (Å²) in [5.74, 6) is 2.20. The number of nitrogens with one attached hydrogen (secondary N) is 1. The van der Waals surface area contributed by atoms with Gasteiger partial charge >= 0.3 is 0 Å². The summed E-state index contributed by atoms with van der Waals surface area (Å²) in [6.45, 7) is 11.7. The molecule has 0 aliphatic rings. The summed E-state index contributed by atoms with van der Waals surface area (Å²) in [5, 5.41) is 3.44. The van der Waals surface area contributed by atoms with E-state index in [1.54, 1.807) is 11.3 Å². The van der Waals surface area contributed by atoms with Crippen molar-refractivity contribution in [2.75, 3.05) is 11.9 Å². The van der Waals surface area contributed by atoms with Gasteiger partial charge in [-0.2, -0.15) is 0 Å². The molecule has 0 aromatic carbocycles. The van der Waals surface area contributed by atoms with E-state index in [9.17, 15) is 0 Å². The molecule has 0 aliphatic heterocycles. The Balaban J connectivity index is 2.55. The zero-order valence-electron chi connectivity index (χ0n) is 13.2. The lowest BCUT2D eigenvalue weighted by molar-refractivity contribution is 0.807. The van der Waals surface area contributed by atoms with Gasteiger partial charge in [-0.25, -0.2) is 9.97 Å². The predicted molar refractivity (Wildman–Crippen MR) is 100 cm³/mol. The van der Waals surface area contributed by atoms with Crippen molar-refractivity contribution in [3.63, 3.8) is 0 Å². The van der Waals surface area contributed by atoms with Gasteiger partial charge in [0.25, 0.3) is 0 Å². The van der Waals surface area contributed by atoms with Crippen molar-refractivity contribution in [3.8, 4) is 11.4 Å². The Bertz CT molecular complexity index is 635. The van der Waals surface area contributed by atoms with Crippen molar-refractivity contribution in [3.05, 3.63) is 25.1 Å². The molecule has 0 amide bonds. The van der Waals surface area contributed by atoms with E-state index in [1.807, 2.05) is 0 Å². The number of thiophene rings is 1. The van der Waals surface area contributed by atoms with Crippen LogP contribution >= 0.6 is 33.9 Å². The van der Waals surface area contributed by atoms with Gasteiger partial charge in [-0.1, -0.05) is 20.8 Å². The first-order valence-electron chi connectivity index (χ1n) is 7.32. The van der Waals surface area contributed by atoms with Crippen LogP contribution in [0, 0.1) is 17.4 Å². The first kappa shape index (κ1) is 16.7. The normalized spacial score (nSPS) is 11.2. The Morgan fingerprint density at radius 3 is 2.52 bits per heavy atom. The molecule has 3 nitrogen and oxygen atoms in total. The second-order valence-corrected chi connectivity index (χ2v) is 8.04. The first-order chi connectivity index (χ1) is 9.93. The number of hydrogen-bond acceptors (Lipinski definition) is 4. The molecule has 2 heterocycles. The topological polar surface area (TPSA) is 37.8 Å². The fraction of sp³-hybridized carbons (Fsp3) is 0.500. The molecule has 0 unspecified atom stereocenters. The zero-order chi connectivity index (χ0) is 15.6. The standard InChI is InChI=1S/C16H22IN3S/c1-6-7-18-16-13(17)14(9(2)3)19-15(20-16)12-8-10(4)21-11(12)5/h8-9H,6-7H2,1-5H3,(H,18,19,20). The lowest BCUT2D eigenvalue weighted by Crippen LogP contribution is -2.10. The van der Waals surface area contributed by atoms with Crippen molar-refractivity contribution in [1.29, 1.82) is 0 Å². The summed E-state index contributed by atoms with van der Waals surface area (Å²) in [5.41, 5.74) is 2.29. The van der Waals surface area contributed by atoms with Gasteiger partial charge in [0.05, 0.1) is 9.26 Å². The average molecular weight is 415 g/mol. The third kappa shape index (κ3) is 3.74. The third-order valence-corrected chi connectivity index (χ3v) is 5.28. The van der Waals surface area contributed by atoms with Crippen molar-refractivity contribution in [2.24, 2.45) is 0 Å². The molecule has 0 saturated carbocycles. The monoisotopic (exact) mass is 415 g/mol. The Labute approximate surface area is 144 Å². The van der Waals surface area contributed by atoms with Crippen LogP contribution in [0.2, 0.25) is 0 Å². The van der Waals surface area contributed by atoms with Crippen LogP contribution in [-0.2, 0) is 0 Å². The van der Waals surface area contributed by atoms with Crippen LogP contribution in [0.1, 0.15) is 48.6 Å². The van der Waals surface area contributed by atoms with Gasteiger partial charge in [0.15, 0.2) is 5.82 Å². The molecule has 5 heteroatoms. The number of aromatic nitrogens is 2. The molecule has 2 rings (SSSR count). The van der Waals surface area contributed by atoms with Crippen LogP contribution in [0.5, 0.6) is 0 Å². The maximum Gasteiger partial charge on any atom is 0.162 e. The van der Waals surface area contributed by atoms with Crippen molar-refractivity contribution in [2.45, 2.75) is 47.0 Å². The molecule has 0 spiro atoms. The highest BCUT2D eigenvalue weighted by molar-refractivity contribution is 14.1. The molecule has 2 aromatic rings. The van der Waals surface area contributed by atoms with Crippen LogP contribution in [0.25, 0.3) is 11.4 Å². The minimum Gasteiger partial charge on any atom is -0.369 e. The number of rotatable bonds is 5. The van der Waals surface area contributed by atoms with Crippen LogP contribution in [-0.4, -0.2) is 16.5 Å². The van der Waals surface area contributed by atoms with E-state index in [0.717, 1.165) is 39.4 Å². The highest BCUT2D eigenvalue weighted by Gasteiger charge is 2.17. The first-order valence-corrected chi connectivity index (χ1v) is 9.22. The summed E-state index contributed by atoms with van der Waals surface area (Å²) in [7, 11) is 0. The summed E-state index contributed by atoms with van der Waals surface area (Å²) < 4.78 is 1.14. The van der Waals surface area contributed by atoms with Gasteiger partial charge in [0.2, 0.25) is 0 Å². The second-order valence-electron chi connectivity index (χ2n) is 5.50. The summed E-state index contributed by atoms with van der Waals surface area (Å²) in [6.07, 6.45) is 1.09. The Hall–Kier alpha value is -0.690. The molecule has 114 valence electrons. The molecule has 0 radical (unpaired) electrons. The van der Waals surface area contributed by atoms with Gasteiger partial charge in [0, 0.05) is 21.9 Å². The summed E-state index contributed by atoms with van der Waals surface area (Å²) in [4.78, 5) is 12.2. The molecule has 0 atom stereocenters. The van der Waals surface area contributed by atoms with E-state index in [2.05, 4.69) is 68.6 Å². The molecule has 0 saturated heterocycles. The van der Waals surface area contributed by atoms with E-state index in [-0.39, 0.29) is 0 Å². The Morgan fingerprint density at radius 2 is 2.00 bits per heavy atom. The fourth-order valence-electron chi connectivity index (χ4n) is 2.18. The largest absolute Gasteiger partial charge is 0.369 e. The Morgan fingerprint density at radius 1 is 1.29 bits per heavy atom. The van der Waals surface area contributed by atoms with Gasteiger partial charge in [0.1, 0.15) is 5.82 Å². The van der Waals surface area contributed by atoms with Gasteiger partial charge in [-0.05, 0) is 54.8 Å². The molecular formula is C16H22IN3S. The van der Waals surface area contributed by atoms with Crippen molar-refractivity contribution >= 4 is 39.7 Å². The van der Waals surface area contributed by atoms with E-state index < -0.39 is 0 Å². The van der Waals surface area contributed by atoms with E-state index in [4.69, 9.17) is 9.97 Å². The van der Waals surface area contributed by atoms with Gasteiger partial charge in [-0.15, -0.1) is 11.3 Å². The SMILES string of the molecule is CCCNc1nc(-c2cc(C)sc2C)nc(C(C)C)c1I. The number of halogens is 1. The number of anilines is 1. The summed E-state index contributed by atoms with van der Waals surface area (Å²) >= 11 is 4.16. The quantitative estimate of drug-likeness (QED) is 0.667. The van der Waals surface area contributed by atoms with E-state index in [1.165, 1.54) is 9.75 Å². The van der Waals surface area contributed by atoms with Crippen molar-refractivity contribution in [1.82, 2.24) is 9.97 Å². The number of hydrogen-bond donors (Lipinski definition) is 1. The molecule has 1 N–H and O–H groups in total. The Kier molecular flexibility index (Phi) is 5.60. The maximum atomic E-state index is 4.83. The van der Waals surface area contributed by atoms with Crippen molar-refractivity contribution < 1.29 is 0 Å². The average Bonchev–Trinajstić information content (AvgIpc) is 2.76. The van der Waals surface area contributed by atoms with Gasteiger partial charge in [-0.3, -0.25) is 0 Å². The highest BCUT2D eigenvalue weighted by atomic mass is 127. The number of nitrogens with zero attached hydrogens (tertiary/aromatic N) is 2. The molecular weight excluding hydrogens is 393 g/mol. The second kappa shape index (κ2) is 7.05. The number of aryl methyl sites for hydroxylation is 2. The minimum absolute atomic E-state index is 0.390. The van der Waals surface area contributed by atoms with Crippen LogP contribution < -0.4 is 5.32 Å².